The van der Waals surface area contributed by atoms with Crippen molar-refractivity contribution < 1.29 is 9.90 Å². The maximum atomic E-state index is 11.7. The predicted molar refractivity (Wildman–Crippen MR) is 65.2 cm³/mol. The largest absolute Gasteiger partial charge is 0.388 e. The number of carbonyl (C=O) groups is 1. The van der Waals surface area contributed by atoms with Crippen molar-refractivity contribution in [1.29, 1.82) is 0 Å². The summed E-state index contributed by atoms with van der Waals surface area (Å²) < 4.78 is 0.613. The monoisotopic (exact) mass is 286 g/mol. The van der Waals surface area contributed by atoms with Crippen molar-refractivity contribution in [3.05, 3.63) is 28.5 Å². The Labute approximate surface area is 103 Å². The fourth-order valence-electron chi connectivity index (χ4n) is 1.02. The lowest BCUT2D eigenvalue weighted by Crippen LogP contribution is -2.40. The van der Waals surface area contributed by atoms with Crippen LogP contribution in [0.4, 0.5) is 0 Å². The average molecular weight is 287 g/mol. The normalized spacial score (nSPS) is 14.2. The van der Waals surface area contributed by atoms with Crippen LogP contribution in [0.5, 0.6) is 0 Å². The second-order valence-corrected chi connectivity index (χ2v) is 4.69. The van der Waals surface area contributed by atoms with Gasteiger partial charge in [-0.05, 0) is 41.4 Å². The van der Waals surface area contributed by atoms with Gasteiger partial charge >= 0.3 is 0 Å². The van der Waals surface area contributed by atoms with Gasteiger partial charge in [0.15, 0.2) is 0 Å². The van der Waals surface area contributed by atoms with Crippen molar-refractivity contribution in [3.8, 4) is 0 Å². The minimum atomic E-state index is -0.873. The summed E-state index contributed by atoms with van der Waals surface area (Å²) in [5.41, 5.74) is -0.539. The fourth-order valence-corrected chi connectivity index (χ4v) is 1.36. The lowest BCUT2D eigenvalue weighted by molar-refractivity contribution is 0.0517. The molecule has 4 nitrogen and oxygen atoms in total. The van der Waals surface area contributed by atoms with Crippen LogP contribution in [0.3, 0.4) is 0 Å². The molecule has 16 heavy (non-hydrogen) atoms. The Balaban J connectivity index is 2.60. The van der Waals surface area contributed by atoms with E-state index in [1.807, 2.05) is 6.92 Å². The summed E-state index contributed by atoms with van der Waals surface area (Å²) >= 11 is 3.19. The number of nitrogens with zero attached hydrogens (tertiary/aromatic N) is 1. The first-order valence-corrected chi connectivity index (χ1v) is 5.87. The van der Waals surface area contributed by atoms with E-state index in [1.165, 1.54) is 0 Å². The van der Waals surface area contributed by atoms with Crippen LogP contribution in [0.2, 0.25) is 0 Å². The van der Waals surface area contributed by atoms with Crippen LogP contribution >= 0.6 is 15.9 Å². The Hall–Kier alpha value is -0.940. The van der Waals surface area contributed by atoms with Crippen LogP contribution in [0.15, 0.2) is 22.8 Å². The van der Waals surface area contributed by atoms with E-state index in [4.69, 9.17) is 0 Å². The first-order chi connectivity index (χ1) is 7.44. The van der Waals surface area contributed by atoms with Gasteiger partial charge in [-0.2, -0.15) is 0 Å². The molecule has 0 saturated heterocycles. The van der Waals surface area contributed by atoms with Gasteiger partial charge in [-0.1, -0.05) is 13.0 Å². The molecule has 0 spiro atoms. The van der Waals surface area contributed by atoms with Crippen molar-refractivity contribution in [1.82, 2.24) is 10.3 Å². The number of carbonyl (C=O) groups excluding carboxylic acids is 1. The number of hydrogen-bond donors (Lipinski definition) is 2. The SMILES string of the molecule is CCC(C)(O)CNC(=O)c1cccc(Br)n1. The first-order valence-electron chi connectivity index (χ1n) is 5.08. The van der Waals surface area contributed by atoms with Gasteiger partial charge in [0.1, 0.15) is 10.3 Å². The molecule has 1 heterocycles. The minimum absolute atomic E-state index is 0.219. The van der Waals surface area contributed by atoms with E-state index in [9.17, 15) is 9.90 Å². The topological polar surface area (TPSA) is 62.2 Å². The Morgan fingerprint density at radius 3 is 2.88 bits per heavy atom. The molecule has 0 aromatic carbocycles. The zero-order valence-corrected chi connectivity index (χ0v) is 10.9. The summed E-state index contributed by atoms with van der Waals surface area (Å²) in [6.45, 7) is 3.77. The van der Waals surface area contributed by atoms with Crippen molar-refractivity contribution in [2.75, 3.05) is 6.54 Å². The highest BCUT2D eigenvalue weighted by atomic mass is 79.9. The maximum Gasteiger partial charge on any atom is 0.270 e. The zero-order chi connectivity index (χ0) is 12.2. The van der Waals surface area contributed by atoms with E-state index in [1.54, 1.807) is 25.1 Å². The Bertz CT molecular complexity index is 380. The maximum absolute atomic E-state index is 11.7. The van der Waals surface area contributed by atoms with Crippen molar-refractivity contribution in [2.24, 2.45) is 0 Å². The average Bonchev–Trinajstić information content (AvgIpc) is 2.26. The third-order valence-corrected chi connectivity index (χ3v) is 2.78. The number of hydrogen-bond acceptors (Lipinski definition) is 3. The summed E-state index contributed by atoms with van der Waals surface area (Å²) in [5, 5.41) is 12.4. The van der Waals surface area contributed by atoms with Crippen LogP contribution in [-0.4, -0.2) is 28.1 Å². The molecule has 1 aromatic rings. The van der Waals surface area contributed by atoms with E-state index in [2.05, 4.69) is 26.2 Å². The van der Waals surface area contributed by atoms with Crippen LogP contribution in [0.25, 0.3) is 0 Å². The van der Waals surface area contributed by atoms with Gasteiger partial charge in [0.2, 0.25) is 0 Å². The van der Waals surface area contributed by atoms with Gasteiger partial charge in [-0.25, -0.2) is 4.98 Å². The number of aromatic nitrogens is 1. The second kappa shape index (κ2) is 5.41. The molecule has 2 N–H and O–H groups in total. The third kappa shape index (κ3) is 3.90. The van der Waals surface area contributed by atoms with Crippen LogP contribution in [0.1, 0.15) is 30.8 Å². The fraction of sp³-hybridized carbons (Fsp3) is 0.455. The van der Waals surface area contributed by atoms with Crippen molar-refractivity contribution in [3.63, 3.8) is 0 Å². The van der Waals surface area contributed by atoms with Crippen LogP contribution < -0.4 is 5.32 Å². The lowest BCUT2D eigenvalue weighted by Gasteiger charge is -2.21. The van der Waals surface area contributed by atoms with Gasteiger partial charge in [0.25, 0.3) is 5.91 Å². The lowest BCUT2D eigenvalue weighted by atomic mass is 10.0. The molecular formula is C11H15BrN2O2. The van der Waals surface area contributed by atoms with Gasteiger partial charge < -0.3 is 10.4 Å². The van der Waals surface area contributed by atoms with Crippen LogP contribution in [0, 0.1) is 0 Å². The number of halogens is 1. The number of amides is 1. The predicted octanol–water partition coefficient (Wildman–Crippen LogP) is 1.73. The third-order valence-electron chi connectivity index (χ3n) is 2.34. The van der Waals surface area contributed by atoms with E-state index in [0.29, 0.717) is 16.7 Å². The molecule has 0 radical (unpaired) electrons. The van der Waals surface area contributed by atoms with Crippen molar-refractivity contribution >= 4 is 21.8 Å². The molecule has 5 heteroatoms. The first kappa shape index (κ1) is 13.1. The standard InChI is InChI=1S/C11H15BrN2O2/c1-3-11(2,16)7-13-10(15)8-5-4-6-9(12)14-8/h4-6,16H,3,7H2,1-2H3,(H,13,15). The molecular weight excluding hydrogens is 272 g/mol. The van der Waals surface area contributed by atoms with E-state index >= 15 is 0 Å². The molecule has 1 aromatic heterocycles. The quantitative estimate of drug-likeness (QED) is 0.829. The zero-order valence-electron chi connectivity index (χ0n) is 9.33. The Morgan fingerprint density at radius 2 is 2.31 bits per heavy atom. The molecule has 1 amide bonds. The summed E-state index contributed by atoms with van der Waals surface area (Å²) in [4.78, 5) is 15.7. The minimum Gasteiger partial charge on any atom is -0.388 e. The number of nitrogens with one attached hydrogen (secondary N) is 1. The summed E-state index contributed by atoms with van der Waals surface area (Å²) in [6, 6.07) is 5.11. The van der Waals surface area contributed by atoms with Gasteiger partial charge in [-0.15, -0.1) is 0 Å². The number of pyridine rings is 1. The molecule has 1 atom stereocenters. The highest BCUT2D eigenvalue weighted by molar-refractivity contribution is 9.10. The number of rotatable bonds is 4. The molecule has 0 aliphatic carbocycles. The van der Waals surface area contributed by atoms with Gasteiger partial charge in [0, 0.05) is 6.54 Å². The molecule has 0 fully saturated rings. The van der Waals surface area contributed by atoms with E-state index in [-0.39, 0.29) is 12.5 Å². The van der Waals surface area contributed by atoms with Gasteiger partial charge in [-0.3, -0.25) is 4.79 Å². The molecule has 0 bridgehead atoms. The smallest absolute Gasteiger partial charge is 0.270 e. The molecule has 0 aliphatic heterocycles. The molecule has 0 saturated carbocycles. The van der Waals surface area contributed by atoms with E-state index in [0.717, 1.165) is 0 Å². The van der Waals surface area contributed by atoms with E-state index < -0.39 is 5.60 Å². The molecule has 88 valence electrons. The second-order valence-electron chi connectivity index (χ2n) is 3.88. The summed E-state index contributed by atoms with van der Waals surface area (Å²) in [5.74, 6) is -0.282. The highest BCUT2D eigenvalue weighted by Gasteiger charge is 2.19. The Morgan fingerprint density at radius 1 is 1.62 bits per heavy atom. The number of aliphatic hydroxyl groups is 1. The molecule has 0 aliphatic rings. The van der Waals surface area contributed by atoms with Gasteiger partial charge in [0.05, 0.1) is 5.60 Å². The molecule has 1 rings (SSSR count). The summed E-state index contributed by atoms with van der Waals surface area (Å²) in [7, 11) is 0. The molecule has 1 unspecified atom stereocenters. The summed E-state index contributed by atoms with van der Waals surface area (Å²) in [6.07, 6.45) is 0.583. The Kier molecular flexibility index (Phi) is 4.44. The van der Waals surface area contributed by atoms with Crippen LogP contribution in [-0.2, 0) is 0 Å². The van der Waals surface area contributed by atoms with Crippen molar-refractivity contribution in [2.45, 2.75) is 25.9 Å². The highest BCUT2D eigenvalue weighted by Crippen LogP contribution is 2.08.